The number of esters is 1. The second-order valence-electron chi connectivity index (χ2n) is 8.46. The van der Waals surface area contributed by atoms with Crippen LogP contribution < -0.4 is 14.8 Å². The first kappa shape index (κ1) is 24.7. The SMILES string of the molecule is CC(C)Oc1ccc2nc(C(=O)NCC(=O)OCc3ccccc3)c(OCc3ccccc3)cc2c1. The van der Waals surface area contributed by atoms with Crippen LogP contribution in [0.2, 0.25) is 0 Å². The van der Waals surface area contributed by atoms with Gasteiger partial charge < -0.3 is 19.5 Å². The molecule has 0 spiro atoms. The van der Waals surface area contributed by atoms with Gasteiger partial charge in [-0.25, -0.2) is 4.98 Å². The molecule has 1 heterocycles. The van der Waals surface area contributed by atoms with Crippen LogP contribution in [0.3, 0.4) is 0 Å². The first-order chi connectivity index (χ1) is 17.5. The van der Waals surface area contributed by atoms with E-state index in [9.17, 15) is 9.59 Å². The summed E-state index contributed by atoms with van der Waals surface area (Å²) in [7, 11) is 0. The Bertz CT molecular complexity index is 1320. The summed E-state index contributed by atoms with van der Waals surface area (Å²) in [5, 5.41) is 3.37. The summed E-state index contributed by atoms with van der Waals surface area (Å²) < 4.78 is 17.0. The molecule has 0 saturated heterocycles. The average Bonchev–Trinajstić information content (AvgIpc) is 2.89. The highest BCUT2D eigenvalue weighted by molar-refractivity contribution is 5.99. The fraction of sp³-hybridized carbons (Fsp3) is 0.207. The third-order valence-corrected chi connectivity index (χ3v) is 5.21. The van der Waals surface area contributed by atoms with E-state index in [1.807, 2.05) is 86.6 Å². The van der Waals surface area contributed by atoms with Crippen LogP contribution in [0.1, 0.15) is 35.5 Å². The number of nitrogens with zero attached hydrogens (tertiary/aromatic N) is 1. The molecule has 0 aliphatic heterocycles. The molecule has 0 saturated carbocycles. The molecular weight excluding hydrogens is 456 g/mol. The molecule has 4 aromatic rings. The molecule has 3 aromatic carbocycles. The summed E-state index contributed by atoms with van der Waals surface area (Å²) in [6, 6.07) is 26.2. The Morgan fingerprint density at radius 1 is 0.861 bits per heavy atom. The first-order valence-corrected chi connectivity index (χ1v) is 11.7. The Morgan fingerprint density at radius 3 is 2.19 bits per heavy atom. The number of pyridine rings is 1. The summed E-state index contributed by atoms with van der Waals surface area (Å²) in [4.78, 5) is 29.7. The van der Waals surface area contributed by atoms with E-state index in [0.717, 1.165) is 16.5 Å². The maximum Gasteiger partial charge on any atom is 0.325 e. The summed E-state index contributed by atoms with van der Waals surface area (Å²) in [6.07, 6.45) is 0.0240. The van der Waals surface area contributed by atoms with E-state index in [4.69, 9.17) is 14.2 Å². The van der Waals surface area contributed by atoms with Crippen molar-refractivity contribution in [1.82, 2.24) is 10.3 Å². The number of nitrogens with one attached hydrogen (secondary N) is 1. The predicted molar refractivity (Wildman–Crippen MR) is 137 cm³/mol. The van der Waals surface area contributed by atoms with E-state index >= 15 is 0 Å². The Morgan fingerprint density at radius 2 is 1.53 bits per heavy atom. The molecule has 7 heteroatoms. The molecule has 0 radical (unpaired) electrons. The van der Waals surface area contributed by atoms with E-state index in [2.05, 4.69) is 10.3 Å². The lowest BCUT2D eigenvalue weighted by Gasteiger charge is -2.14. The van der Waals surface area contributed by atoms with Crippen LogP contribution in [-0.4, -0.2) is 29.5 Å². The third-order valence-electron chi connectivity index (χ3n) is 5.21. The lowest BCUT2D eigenvalue weighted by atomic mass is 10.1. The van der Waals surface area contributed by atoms with Gasteiger partial charge >= 0.3 is 5.97 Å². The van der Waals surface area contributed by atoms with Crippen LogP contribution in [0.25, 0.3) is 10.9 Å². The number of amides is 1. The smallest absolute Gasteiger partial charge is 0.325 e. The lowest BCUT2D eigenvalue weighted by Crippen LogP contribution is -2.31. The van der Waals surface area contributed by atoms with Gasteiger partial charge in [-0.2, -0.15) is 0 Å². The molecule has 1 aromatic heterocycles. The number of hydrogen-bond acceptors (Lipinski definition) is 6. The van der Waals surface area contributed by atoms with E-state index in [-0.39, 0.29) is 31.6 Å². The summed E-state index contributed by atoms with van der Waals surface area (Å²) in [6.45, 7) is 4.01. The van der Waals surface area contributed by atoms with E-state index < -0.39 is 11.9 Å². The zero-order valence-electron chi connectivity index (χ0n) is 20.3. The summed E-state index contributed by atoms with van der Waals surface area (Å²) >= 11 is 0. The van der Waals surface area contributed by atoms with Gasteiger partial charge in [0, 0.05) is 5.39 Å². The quantitative estimate of drug-likeness (QED) is 0.316. The topological polar surface area (TPSA) is 86.8 Å². The van der Waals surface area contributed by atoms with Crippen LogP contribution in [0.5, 0.6) is 11.5 Å². The van der Waals surface area contributed by atoms with Gasteiger partial charge in [-0.1, -0.05) is 60.7 Å². The van der Waals surface area contributed by atoms with Gasteiger partial charge in [0.15, 0.2) is 11.4 Å². The Labute approximate surface area is 210 Å². The molecular formula is C29H28N2O5. The van der Waals surface area contributed by atoms with E-state index in [0.29, 0.717) is 17.0 Å². The molecule has 0 aliphatic carbocycles. The van der Waals surface area contributed by atoms with E-state index in [1.54, 1.807) is 12.1 Å². The fourth-order valence-corrected chi connectivity index (χ4v) is 3.51. The number of aromatic nitrogens is 1. The van der Waals surface area contributed by atoms with Crippen LogP contribution in [-0.2, 0) is 22.7 Å². The minimum atomic E-state index is -0.546. The second kappa shape index (κ2) is 11.8. The van der Waals surface area contributed by atoms with Crippen molar-refractivity contribution in [3.05, 3.63) is 102 Å². The van der Waals surface area contributed by atoms with Crippen LogP contribution in [0.4, 0.5) is 0 Å². The fourth-order valence-electron chi connectivity index (χ4n) is 3.51. The molecule has 36 heavy (non-hydrogen) atoms. The molecule has 0 bridgehead atoms. The molecule has 0 aliphatic rings. The Balaban J connectivity index is 1.50. The minimum Gasteiger partial charge on any atom is -0.491 e. The maximum absolute atomic E-state index is 13.0. The van der Waals surface area contributed by atoms with Gasteiger partial charge in [-0.3, -0.25) is 9.59 Å². The highest BCUT2D eigenvalue weighted by Gasteiger charge is 2.18. The number of ether oxygens (including phenoxy) is 3. The van der Waals surface area contributed by atoms with Crippen LogP contribution >= 0.6 is 0 Å². The molecule has 1 amide bonds. The largest absolute Gasteiger partial charge is 0.491 e. The van der Waals surface area contributed by atoms with Crippen molar-refractivity contribution in [2.45, 2.75) is 33.2 Å². The van der Waals surface area contributed by atoms with Crippen LogP contribution in [0, 0.1) is 0 Å². The van der Waals surface area contributed by atoms with Gasteiger partial charge in [0.2, 0.25) is 0 Å². The number of rotatable bonds is 10. The summed E-state index contributed by atoms with van der Waals surface area (Å²) in [5.74, 6) is -0.0655. The zero-order valence-corrected chi connectivity index (χ0v) is 20.3. The van der Waals surface area contributed by atoms with E-state index in [1.165, 1.54) is 0 Å². The first-order valence-electron chi connectivity index (χ1n) is 11.7. The van der Waals surface area contributed by atoms with Crippen molar-refractivity contribution in [2.24, 2.45) is 0 Å². The lowest BCUT2D eigenvalue weighted by molar-refractivity contribution is -0.143. The highest BCUT2D eigenvalue weighted by atomic mass is 16.5. The minimum absolute atomic E-state index is 0.0240. The molecule has 184 valence electrons. The van der Waals surface area contributed by atoms with Gasteiger partial charge in [-0.15, -0.1) is 0 Å². The van der Waals surface area contributed by atoms with Gasteiger partial charge in [0.1, 0.15) is 25.5 Å². The van der Waals surface area contributed by atoms with Gasteiger partial charge in [-0.05, 0) is 49.2 Å². The predicted octanol–water partition coefficient (Wildman–Crippen LogP) is 5.07. The number of benzene rings is 3. The molecule has 4 rings (SSSR count). The molecule has 1 N–H and O–H groups in total. The Kier molecular flexibility index (Phi) is 8.13. The number of hydrogen-bond donors (Lipinski definition) is 1. The highest BCUT2D eigenvalue weighted by Crippen LogP contribution is 2.27. The number of carbonyl (C=O) groups is 2. The van der Waals surface area contributed by atoms with Crippen molar-refractivity contribution >= 4 is 22.8 Å². The molecule has 0 fully saturated rings. The molecule has 7 nitrogen and oxygen atoms in total. The normalized spacial score (nSPS) is 10.8. The van der Waals surface area contributed by atoms with Crippen molar-refractivity contribution < 1.29 is 23.8 Å². The maximum atomic E-state index is 13.0. The van der Waals surface area contributed by atoms with Crippen LogP contribution in [0.15, 0.2) is 84.9 Å². The van der Waals surface area contributed by atoms with Crippen molar-refractivity contribution in [3.63, 3.8) is 0 Å². The monoisotopic (exact) mass is 484 g/mol. The molecule has 0 unspecified atom stereocenters. The second-order valence-corrected chi connectivity index (χ2v) is 8.46. The summed E-state index contributed by atoms with van der Waals surface area (Å²) in [5.41, 5.74) is 2.51. The zero-order chi connectivity index (χ0) is 25.3. The third kappa shape index (κ3) is 6.82. The van der Waals surface area contributed by atoms with Crippen molar-refractivity contribution in [2.75, 3.05) is 6.54 Å². The Hall–Kier alpha value is -4.39. The number of fused-ring (bicyclic) bond motifs is 1. The average molecular weight is 485 g/mol. The van der Waals surface area contributed by atoms with Crippen molar-refractivity contribution in [1.29, 1.82) is 0 Å². The van der Waals surface area contributed by atoms with Gasteiger partial charge in [0.05, 0.1) is 11.6 Å². The van der Waals surface area contributed by atoms with Gasteiger partial charge in [0.25, 0.3) is 5.91 Å². The standard InChI is InChI=1S/C29H28N2O5/c1-20(2)36-24-13-14-25-23(15-24)16-26(34-18-21-9-5-3-6-10-21)28(31-25)29(33)30-17-27(32)35-19-22-11-7-4-8-12-22/h3-16,20H,17-19H2,1-2H3,(H,30,33). The number of carbonyl (C=O) groups excluding carboxylic acids is 2. The molecule has 0 atom stereocenters. The van der Waals surface area contributed by atoms with Crippen molar-refractivity contribution in [3.8, 4) is 11.5 Å².